The van der Waals surface area contributed by atoms with Gasteiger partial charge in [0.2, 0.25) is 41.4 Å². The highest BCUT2D eigenvalue weighted by Crippen LogP contribution is 2.33. The van der Waals surface area contributed by atoms with Gasteiger partial charge in [-0.1, -0.05) is 52.3 Å². The lowest BCUT2D eigenvalue weighted by Gasteiger charge is -2.33. The number of hydrogen-bond acceptors (Lipinski definition) is 25. The molecule has 8 amide bonds. The number of unbranched alkanes of at least 4 members (excludes halogenated alkanes) is 3. The SMILES string of the molecule is COCCCCCCOc1ccc(-c2nnc(-c3ccc(C(=O)N[C@H]4CC(O)CNC(=O)C5C(O)C(C)CN5C(=O)C(C(O)CC(N)=O)NC(=O)C(C(O)Cc5ccc(O)c(OSOOO)c5)NC(=O)C5CC(O)CN5C(=O)C(C(C)O)NC4=O)cc3)s2)cc1. The van der Waals surface area contributed by atoms with Gasteiger partial charge < -0.3 is 91.5 Å². The number of amides is 8. The fourth-order valence-corrected chi connectivity index (χ4v) is 11.6. The highest BCUT2D eigenvalue weighted by Gasteiger charge is 2.50. The number of hydrogen-bond donors (Lipinski definition) is 14. The van der Waals surface area contributed by atoms with Gasteiger partial charge in [0.1, 0.15) is 52.0 Å². The van der Waals surface area contributed by atoms with E-state index in [1.54, 1.807) is 19.2 Å². The smallest absolute Gasteiger partial charge is 0.261 e. The Bertz CT molecular complexity index is 3130. The van der Waals surface area contributed by atoms with Gasteiger partial charge in [-0.25, -0.2) is 5.26 Å². The Labute approximate surface area is 523 Å². The van der Waals surface area contributed by atoms with Crippen LogP contribution in [0.1, 0.15) is 74.7 Å². The van der Waals surface area contributed by atoms with Crippen molar-refractivity contribution in [1.29, 1.82) is 0 Å². The number of rotatable bonds is 23. The molecule has 13 atom stereocenters. The van der Waals surface area contributed by atoms with Gasteiger partial charge >= 0.3 is 0 Å². The molecule has 0 aliphatic carbocycles. The number of aliphatic hydroxyl groups excluding tert-OH is 6. The van der Waals surface area contributed by atoms with Crippen LogP contribution >= 0.6 is 23.7 Å². The minimum Gasteiger partial charge on any atom is -0.504 e. The van der Waals surface area contributed by atoms with Crippen molar-refractivity contribution in [3.8, 4) is 38.4 Å². The number of carbonyl (C=O) groups excluding carboxylic acids is 8. The van der Waals surface area contributed by atoms with Crippen molar-refractivity contribution < 1.29 is 102 Å². The molecule has 0 radical (unpaired) electrons. The van der Waals surface area contributed by atoms with E-state index in [0.717, 1.165) is 66.7 Å². The van der Waals surface area contributed by atoms with Crippen molar-refractivity contribution >= 4 is 70.9 Å². The number of aliphatic hydroxyl groups is 6. The number of methoxy groups -OCH3 is 1. The first-order chi connectivity index (χ1) is 43.0. The van der Waals surface area contributed by atoms with Gasteiger partial charge in [-0.2, -0.15) is 0 Å². The number of aromatic nitrogens is 2. The van der Waals surface area contributed by atoms with Gasteiger partial charge in [0, 0.05) is 75.2 Å². The highest BCUT2D eigenvalue weighted by molar-refractivity contribution is 7.90. The maximum absolute atomic E-state index is 14.7. The summed E-state index contributed by atoms with van der Waals surface area (Å²) in [5, 5.41) is 112. The number of fused-ring (bicyclic) bond motifs is 2. The average molecular weight is 1300 g/mol. The first-order valence-corrected chi connectivity index (χ1v) is 30.2. The van der Waals surface area contributed by atoms with Crippen LogP contribution in [0.4, 0.5) is 0 Å². The number of nitrogens with zero attached hydrogens (tertiary/aromatic N) is 4. The molecule has 31 nitrogen and oxygen atoms in total. The molecule has 3 aromatic carbocycles. The molecule has 15 N–H and O–H groups in total. The molecule has 0 saturated carbocycles. The molecule has 0 spiro atoms. The topological polar surface area (TPSA) is 463 Å². The molecule has 3 aliphatic heterocycles. The first kappa shape index (κ1) is 69.8. The lowest BCUT2D eigenvalue weighted by molar-refractivity contribution is -0.433. The van der Waals surface area contributed by atoms with E-state index in [1.807, 2.05) is 24.3 Å². The Kier molecular flexibility index (Phi) is 25.5. The third-order valence-corrected chi connectivity index (χ3v) is 16.6. The average Bonchev–Trinajstić information content (AvgIpc) is 2.79. The Morgan fingerprint density at radius 2 is 1.40 bits per heavy atom. The van der Waals surface area contributed by atoms with Crippen LogP contribution in [0.5, 0.6) is 17.2 Å². The minimum atomic E-state index is -2.22. The van der Waals surface area contributed by atoms with E-state index in [-0.39, 0.29) is 29.2 Å². The summed E-state index contributed by atoms with van der Waals surface area (Å²) < 4.78 is 20.3. The number of β-amino-alcohol motifs (C(OH)–C–C–N with tert-alkyl or cyclic N) is 1. The van der Waals surface area contributed by atoms with Gasteiger partial charge in [-0.15, -0.1) is 10.2 Å². The fourth-order valence-electron chi connectivity index (χ4n) is 10.5. The van der Waals surface area contributed by atoms with Crippen LogP contribution in [-0.4, -0.2) is 221 Å². The predicted octanol–water partition coefficient (Wildman–Crippen LogP) is -1.65. The standard InChI is InChI=1S/C57H74N10O21S2/c1-28-26-67-47(48(28)75)53(80)59-25-34(69)22-37(60-49(76)31-9-11-32(12-10-31)54-64-65-55(89-54)33-13-15-36(16-14-33)85-19-7-5-4-6-18-84-3)50(77)61-44(29(2)68)56(81)66-27-35(70)23-38(66)51(78)62-45(52(79)63-46(57(67)82)41(73)24-43(58)74)40(72)20-30-8-17-39(71)42(21-30)86-90-88-87-83/h8-17,21,28-29,34-35,37-38,40-41,44-48,68-73,75,83H,4-7,18-20,22-27H2,1-3H3,(H2,58,74)(H,59,80)(H,60,76)(H,61,77)(H,62,78)(H,63,79)/t28?,29?,34?,35?,37-,38?,40?,41?,44?,45?,46?,47?,48?/m0/s1. The molecule has 7 rings (SSSR count). The van der Waals surface area contributed by atoms with E-state index in [1.165, 1.54) is 36.5 Å². The minimum absolute atomic E-state index is 0.000579. The zero-order chi connectivity index (χ0) is 65.3. The van der Waals surface area contributed by atoms with Crippen molar-refractivity contribution in [3.63, 3.8) is 0 Å². The zero-order valence-electron chi connectivity index (χ0n) is 49.1. The van der Waals surface area contributed by atoms with Crippen molar-refractivity contribution in [3.05, 3.63) is 77.9 Å². The van der Waals surface area contributed by atoms with Crippen molar-refractivity contribution in [2.45, 2.75) is 138 Å². The van der Waals surface area contributed by atoms with Gasteiger partial charge in [0.15, 0.2) is 11.5 Å². The summed E-state index contributed by atoms with van der Waals surface area (Å²) in [5.74, 6) is -10.4. The Hall–Kier alpha value is -7.67. The van der Waals surface area contributed by atoms with Crippen LogP contribution in [0.3, 0.4) is 0 Å². The summed E-state index contributed by atoms with van der Waals surface area (Å²) in [6.07, 6.45) is -9.66. The molecule has 490 valence electrons. The van der Waals surface area contributed by atoms with E-state index < -0.39 is 177 Å². The number of benzene rings is 3. The van der Waals surface area contributed by atoms with E-state index >= 15 is 0 Å². The van der Waals surface area contributed by atoms with Crippen molar-refractivity contribution in [2.75, 3.05) is 40.0 Å². The molecule has 33 heteroatoms. The van der Waals surface area contributed by atoms with Crippen LogP contribution in [0.2, 0.25) is 0 Å². The molecule has 0 bridgehead atoms. The number of ether oxygens (including phenoxy) is 2. The third-order valence-electron chi connectivity index (χ3n) is 15.2. The molecule has 90 heavy (non-hydrogen) atoms. The van der Waals surface area contributed by atoms with E-state index in [9.17, 15) is 74.1 Å². The number of carbonyl (C=O) groups is 8. The van der Waals surface area contributed by atoms with Crippen LogP contribution in [0, 0.1) is 5.92 Å². The molecule has 12 unspecified atom stereocenters. The Morgan fingerprint density at radius 1 is 0.767 bits per heavy atom. The summed E-state index contributed by atoms with van der Waals surface area (Å²) in [7, 11) is 1.68. The largest absolute Gasteiger partial charge is 0.504 e. The third kappa shape index (κ3) is 18.5. The maximum Gasteiger partial charge on any atom is 0.261 e. The van der Waals surface area contributed by atoms with Crippen LogP contribution in [-0.2, 0) is 54.1 Å². The second kappa shape index (κ2) is 32.9. The monoisotopic (exact) mass is 1300 g/mol. The normalized spacial score (nSPS) is 24.9. The van der Waals surface area contributed by atoms with Crippen LogP contribution < -0.4 is 41.2 Å². The van der Waals surface area contributed by atoms with Gasteiger partial charge in [-0.3, -0.25) is 38.4 Å². The van der Waals surface area contributed by atoms with Crippen molar-refractivity contribution in [1.82, 2.24) is 46.6 Å². The maximum atomic E-state index is 14.7. The molecular formula is C57H74N10O21S2. The molecule has 1 aromatic heterocycles. The van der Waals surface area contributed by atoms with Gasteiger partial charge in [0.25, 0.3) is 18.2 Å². The zero-order valence-corrected chi connectivity index (χ0v) is 50.7. The first-order valence-electron chi connectivity index (χ1n) is 28.7. The van der Waals surface area contributed by atoms with Gasteiger partial charge in [-0.05, 0) is 80.3 Å². The number of phenolic OH excluding ortho intramolecular Hbond substituents is 1. The molecule has 4 aromatic rings. The number of primary amides is 1. The second-order valence-electron chi connectivity index (χ2n) is 22.0. The Morgan fingerprint density at radius 3 is 2.04 bits per heavy atom. The highest BCUT2D eigenvalue weighted by atomic mass is 32.2. The van der Waals surface area contributed by atoms with Crippen LogP contribution in [0.15, 0.2) is 66.7 Å². The van der Waals surface area contributed by atoms with E-state index in [2.05, 4.69) is 46.2 Å². The molecule has 4 heterocycles. The molecule has 3 aliphatic rings. The summed E-state index contributed by atoms with van der Waals surface area (Å²) in [6, 6.07) is 5.26. The van der Waals surface area contributed by atoms with Crippen LogP contribution in [0.25, 0.3) is 21.1 Å². The van der Waals surface area contributed by atoms with E-state index in [4.69, 9.17) is 24.6 Å². The summed E-state index contributed by atoms with van der Waals surface area (Å²) >= 11 is 1.34. The molecule has 3 saturated heterocycles. The Balaban J connectivity index is 1.16. The summed E-state index contributed by atoms with van der Waals surface area (Å²) in [4.78, 5) is 115. The number of aromatic hydroxyl groups is 1. The van der Waals surface area contributed by atoms with Crippen molar-refractivity contribution in [2.24, 2.45) is 11.7 Å². The number of phenols is 1. The number of nitrogens with one attached hydrogen (secondary N) is 5. The quantitative estimate of drug-likeness (QED) is 0.0171. The fraction of sp³-hybridized carbons (Fsp3) is 0.509. The lowest BCUT2D eigenvalue weighted by Crippen LogP contribution is -2.64. The second-order valence-corrected chi connectivity index (χ2v) is 23.5. The predicted molar refractivity (Wildman–Crippen MR) is 316 cm³/mol. The molecular weight excluding hydrogens is 1220 g/mol. The molecule has 3 fully saturated rings. The number of nitrogens with two attached hydrogens (primary N) is 1. The summed E-state index contributed by atoms with van der Waals surface area (Å²) in [5.41, 5.74) is 6.86. The lowest BCUT2D eigenvalue weighted by atomic mass is 9.98. The van der Waals surface area contributed by atoms with E-state index in [0.29, 0.717) is 27.9 Å². The summed E-state index contributed by atoms with van der Waals surface area (Å²) in [6.45, 7) is 2.15. The van der Waals surface area contributed by atoms with Gasteiger partial charge in [0.05, 0.1) is 49.7 Å².